The first-order valence-corrected chi connectivity index (χ1v) is 14.6. The van der Waals surface area contributed by atoms with Crippen molar-refractivity contribution in [3.8, 4) is 5.75 Å². The molecular weight excluding hydrogens is 525 g/mol. The summed E-state index contributed by atoms with van der Waals surface area (Å²) in [5.41, 5.74) is 11.3. The number of rotatable bonds is 12. The Hall–Kier alpha value is -2.80. The highest BCUT2D eigenvalue weighted by atomic mass is 31.2. The second-order valence-electron chi connectivity index (χ2n) is 10.0. The number of fused-ring (bicyclic) bond motifs is 1. The number of anilines is 2. The van der Waals surface area contributed by atoms with Gasteiger partial charge in [-0.05, 0) is 44.7 Å². The zero-order valence-electron chi connectivity index (χ0n) is 22.6. The number of benzene rings is 1. The lowest BCUT2D eigenvalue weighted by atomic mass is 9.96. The monoisotopic (exact) mass is 563 g/mol. The fourth-order valence-corrected chi connectivity index (χ4v) is 6.11. The van der Waals surface area contributed by atoms with Crippen molar-refractivity contribution in [3.63, 3.8) is 0 Å². The van der Waals surface area contributed by atoms with Gasteiger partial charge in [-0.25, -0.2) is 14.6 Å². The van der Waals surface area contributed by atoms with Crippen LogP contribution < -0.4 is 21.1 Å². The van der Waals surface area contributed by atoms with E-state index in [-0.39, 0.29) is 35.6 Å². The molecule has 3 heterocycles. The predicted molar refractivity (Wildman–Crippen MR) is 147 cm³/mol. The average molecular weight is 564 g/mol. The van der Waals surface area contributed by atoms with Gasteiger partial charge in [0, 0.05) is 6.04 Å². The Morgan fingerprint density at radius 2 is 2.03 bits per heavy atom. The van der Waals surface area contributed by atoms with Crippen molar-refractivity contribution in [1.29, 1.82) is 0 Å². The van der Waals surface area contributed by atoms with Gasteiger partial charge in [-0.1, -0.05) is 38.5 Å². The fraction of sp³-hybridized carbons (Fsp3) is 0.560. The molecule has 14 heteroatoms. The molecule has 0 aliphatic carbocycles. The van der Waals surface area contributed by atoms with E-state index in [0.29, 0.717) is 12.2 Å². The highest BCUT2D eigenvalue weighted by molar-refractivity contribution is 7.52. The normalized spacial score (nSPS) is 25.5. The number of para-hydroxylation sites is 1. The zero-order chi connectivity index (χ0) is 28.4. The zero-order valence-corrected chi connectivity index (χ0v) is 23.5. The molecule has 214 valence electrons. The number of aliphatic hydroxyl groups is 2. The number of aliphatic hydroxyl groups excluding tert-OH is 1. The summed E-state index contributed by atoms with van der Waals surface area (Å²) < 4.78 is 33.2. The molecule has 6 atom stereocenters. The number of nitrogens with two attached hydrogens (primary N) is 2. The van der Waals surface area contributed by atoms with Gasteiger partial charge in [0.15, 0.2) is 17.7 Å². The summed E-state index contributed by atoms with van der Waals surface area (Å²) >= 11 is 0. The van der Waals surface area contributed by atoms with E-state index in [1.54, 1.807) is 6.07 Å². The van der Waals surface area contributed by atoms with E-state index in [9.17, 15) is 14.8 Å². The Labute approximate surface area is 227 Å². The second kappa shape index (κ2) is 11.7. The number of ether oxygens (including phenoxy) is 1. The molecule has 1 aromatic carbocycles. The number of aryl methyl sites for hydroxylation is 1. The minimum atomic E-state index is -3.92. The third-order valence-corrected chi connectivity index (χ3v) is 8.55. The summed E-state index contributed by atoms with van der Waals surface area (Å²) in [5.74, 6) is 0.457. The molecule has 0 saturated carbocycles. The van der Waals surface area contributed by atoms with Gasteiger partial charge in [0.1, 0.15) is 29.1 Å². The SMILES string of the molecule is CCCCc1ccccc1O[P@@](=O)(N[C@@H](C)CC)OC[C@H]1O[C@@H](n2cnc3c(N)nc(N)nc32)C(C)(O)[C@H]1O. The van der Waals surface area contributed by atoms with E-state index in [2.05, 4.69) is 27.0 Å². The van der Waals surface area contributed by atoms with Gasteiger partial charge in [0.05, 0.1) is 12.9 Å². The van der Waals surface area contributed by atoms with Gasteiger partial charge in [-0.15, -0.1) is 0 Å². The van der Waals surface area contributed by atoms with Crippen LogP contribution in [0, 0.1) is 0 Å². The molecular formula is C25H38N7O6P. The van der Waals surface area contributed by atoms with Crippen LogP contribution in [0.25, 0.3) is 11.2 Å². The maximum atomic E-state index is 13.9. The smallest absolute Gasteiger partial charge is 0.413 e. The van der Waals surface area contributed by atoms with Crippen LogP contribution in [0.2, 0.25) is 0 Å². The summed E-state index contributed by atoms with van der Waals surface area (Å²) in [4.78, 5) is 12.3. The molecule has 1 aliphatic rings. The highest BCUT2D eigenvalue weighted by Gasteiger charge is 2.54. The quantitative estimate of drug-likeness (QED) is 0.203. The Bertz CT molecular complexity index is 1340. The highest BCUT2D eigenvalue weighted by Crippen LogP contribution is 2.48. The first-order valence-electron chi connectivity index (χ1n) is 13.1. The Morgan fingerprint density at radius 1 is 1.28 bits per heavy atom. The van der Waals surface area contributed by atoms with Crippen molar-refractivity contribution in [1.82, 2.24) is 24.6 Å². The minimum absolute atomic E-state index is 0.0720. The van der Waals surface area contributed by atoms with Crippen molar-refractivity contribution in [2.45, 2.75) is 83.5 Å². The number of imidazole rings is 1. The summed E-state index contributed by atoms with van der Waals surface area (Å²) in [5, 5.41) is 25.2. The van der Waals surface area contributed by atoms with Gasteiger partial charge in [-0.3, -0.25) is 9.09 Å². The maximum Gasteiger partial charge on any atom is 0.459 e. The number of hydrogen-bond donors (Lipinski definition) is 5. The third-order valence-electron chi connectivity index (χ3n) is 6.86. The van der Waals surface area contributed by atoms with Crippen molar-refractivity contribution in [3.05, 3.63) is 36.2 Å². The van der Waals surface area contributed by atoms with E-state index in [1.165, 1.54) is 17.8 Å². The average Bonchev–Trinajstić information content (AvgIpc) is 3.40. The Balaban J connectivity index is 1.56. The summed E-state index contributed by atoms with van der Waals surface area (Å²) in [6.07, 6.45) is 1.16. The molecule has 3 aromatic rings. The maximum absolute atomic E-state index is 13.9. The second-order valence-corrected chi connectivity index (χ2v) is 11.7. The van der Waals surface area contributed by atoms with Crippen LogP contribution in [0.1, 0.15) is 58.7 Å². The van der Waals surface area contributed by atoms with Gasteiger partial charge >= 0.3 is 7.75 Å². The van der Waals surface area contributed by atoms with E-state index in [0.717, 1.165) is 24.8 Å². The number of nitrogens with one attached hydrogen (secondary N) is 1. The van der Waals surface area contributed by atoms with Crippen LogP contribution >= 0.6 is 7.75 Å². The molecule has 4 rings (SSSR count). The summed E-state index contributed by atoms with van der Waals surface area (Å²) in [7, 11) is -3.92. The van der Waals surface area contributed by atoms with E-state index < -0.39 is 31.8 Å². The first-order chi connectivity index (χ1) is 18.5. The molecule has 13 nitrogen and oxygen atoms in total. The van der Waals surface area contributed by atoms with Crippen LogP contribution in [-0.2, 0) is 20.2 Å². The summed E-state index contributed by atoms with van der Waals surface area (Å²) in [6, 6.07) is 7.22. The minimum Gasteiger partial charge on any atom is -0.413 e. The molecule has 7 N–H and O–H groups in total. The fourth-order valence-electron chi connectivity index (χ4n) is 4.42. The van der Waals surface area contributed by atoms with E-state index in [1.807, 2.05) is 32.0 Å². The lowest BCUT2D eigenvalue weighted by molar-refractivity contribution is -0.0948. The van der Waals surface area contributed by atoms with Gasteiger partial charge in [-0.2, -0.15) is 9.97 Å². The molecule has 1 unspecified atom stereocenters. The van der Waals surface area contributed by atoms with Crippen molar-refractivity contribution in [2.75, 3.05) is 18.1 Å². The van der Waals surface area contributed by atoms with E-state index in [4.69, 9.17) is 25.3 Å². The standard InChI is InChI=1S/C25H38N7O6P/c1-5-7-10-16-11-8-9-12-17(16)38-39(35,31-15(3)6-2)36-13-18-20(33)25(4,34)23(37-18)32-14-28-19-21(26)29-24(27)30-22(19)32/h8-9,11-12,14-15,18,20,23,33-34H,5-7,10,13H2,1-4H3,(H,31,35)(H4,26,27,29,30)/t15-,18+,20-,23+,25?,39+/m0/s1. The number of unbranched alkanes of at least 4 members (excludes halogenated alkanes) is 1. The number of aromatic nitrogens is 4. The van der Waals surface area contributed by atoms with Crippen LogP contribution in [0.15, 0.2) is 30.6 Å². The molecule has 1 aliphatic heterocycles. The molecule has 1 saturated heterocycles. The molecule has 1 fully saturated rings. The molecule has 0 bridgehead atoms. The Morgan fingerprint density at radius 3 is 2.74 bits per heavy atom. The number of hydrogen-bond acceptors (Lipinski definition) is 11. The van der Waals surface area contributed by atoms with E-state index >= 15 is 0 Å². The van der Waals surface area contributed by atoms with Crippen LogP contribution in [0.4, 0.5) is 11.8 Å². The molecule has 0 spiro atoms. The molecule has 0 amide bonds. The van der Waals surface area contributed by atoms with Crippen molar-refractivity contribution >= 4 is 30.7 Å². The molecule has 2 aromatic heterocycles. The number of nitrogens with zero attached hydrogens (tertiary/aromatic N) is 4. The van der Waals surface area contributed by atoms with Crippen LogP contribution in [0.3, 0.4) is 0 Å². The van der Waals surface area contributed by atoms with Crippen LogP contribution in [0.5, 0.6) is 5.75 Å². The lowest BCUT2D eigenvalue weighted by Gasteiger charge is -2.27. The Kier molecular flexibility index (Phi) is 8.79. The van der Waals surface area contributed by atoms with Crippen molar-refractivity contribution in [2.24, 2.45) is 0 Å². The predicted octanol–water partition coefficient (Wildman–Crippen LogP) is 2.93. The molecule has 39 heavy (non-hydrogen) atoms. The third kappa shape index (κ3) is 6.19. The number of nitrogen functional groups attached to an aromatic ring is 2. The topological polar surface area (TPSA) is 193 Å². The lowest BCUT2D eigenvalue weighted by Crippen LogP contribution is -2.44. The summed E-state index contributed by atoms with van der Waals surface area (Å²) in [6.45, 7) is 6.99. The van der Waals surface area contributed by atoms with Gasteiger partial charge < -0.3 is 30.9 Å². The van der Waals surface area contributed by atoms with Crippen LogP contribution in [-0.4, -0.2) is 60.2 Å². The van der Waals surface area contributed by atoms with Crippen molar-refractivity contribution < 1.29 is 28.6 Å². The molecule has 0 radical (unpaired) electrons. The van der Waals surface area contributed by atoms with Gasteiger partial charge in [0.25, 0.3) is 0 Å². The van der Waals surface area contributed by atoms with Gasteiger partial charge in [0.2, 0.25) is 5.95 Å². The largest absolute Gasteiger partial charge is 0.459 e. The first kappa shape index (κ1) is 29.2.